The molecule has 6 nitrogen and oxygen atoms in total. The quantitative estimate of drug-likeness (QED) is 0.751. The summed E-state index contributed by atoms with van der Waals surface area (Å²) in [7, 11) is 1.51. The highest BCUT2D eigenvalue weighted by Crippen LogP contribution is 2.25. The molecule has 1 rings (SSSR count). The second-order valence-corrected chi connectivity index (χ2v) is 5.21. The van der Waals surface area contributed by atoms with E-state index in [-0.39, 0.29) is 12.5 Å². The number of rotatable bonds is 6. The van der Waals surface area contributed by atoms with E-state index in [0.717, 1.165) is 0 Å². The number of hydrogen-bond donors (Lipinski definition) is 3. The molecule has 0 saturated carbocycles. The lowest BCUT2D eigenvalue weighted by Gasteiger charge is -2.18. The summed E-state index contributed by atoms with van der Waals surface area (Å²) in [6.07, 6.45) is 0. The smallest absolute Gasteiger partial charge is 0.326 e. The monoisotopic (exact) mass is 314 g/mol. The van der Waals surface area contributed by atoms with Crippen molar-refractivity contribution in [1.82, 2.24) is 10.6 Å². The molecule has 0 aromatic heterocycles. The van der Waals surface area contributed by atoms with Gasteiger partial charge in [0.05, 0.1) is 7.11 Å². The van der Waals surface area contributed by atoms with Gasteiger partial charge in [0.2, 0.25) is 0 Å². The van der Waals surface area contributed by atoms with Gasteiger partial charge in [-0.25, -0.2) is 9.59 Å². The van der Waals surface area contributed by atoms with Crippen molar-refractivity contribution >= 4 is 23.6 Å². The van der Waals surface area contributed by atoms with E-state index in [9.17, 15) is 9.59 Å². The molecule has 0 bridgehead atoms. The van der Waals surface area contributed by atoms with E-state index >= 15 is 0 Å². The van der Waals surface area contributed by atoms with E-state index in [0.29, 0.717) is 16.3 Å². The van der Waals surface area contributed by atoms with Crippen molar-refractivity contribution < 1.29 is 19.4 Å². The van der Waals surface area contributed by atoms with Crippen LogP contribution in [0.4, 0.5) is 4.79 Å². The van der Waals surface area contributed by atoms with Crippen molar-refractivity contribution in [3.8, 4) is 5.75 Å². The Bertz CT molecular complexity index is 520. The van der Waals surface area contributed by atoms with Gasteiger partial charge in [-0.2, -0.15) is 0 Å². The molecule has 0 radical (unpaired) electrons. The number of nitrogens with one attached hydrogen (secondary N) is 2. The van der Waals surface area contributed by atoms with Gasteiger partial charge < -0.3 is 20.5 Å². The number of urea groups is 1. The Hall–Kier alpha value is -1.95. The minimum absolute atomic E-state index is 0.138. The van der Waals surface area contributed by atoms with Crippen LogP contribution in [0.5, 0.6) is 5.75 Å². The van der Waals surface area contributed by atoms with E-state index in [1.807, 2.05) is 0 Å². The molecule has 2 amide bonds. The molecule has 0 aliphatic carbocycles. The molecule has 1 aromatic rings. The third kappa shape index (κ3) is 4.82. The van der Waals surface area contributed by atoms with Crippen LogP contribution in [0, 0.1) is 5.92 Å². The fourth-order valence-corrected chi connectivity index (χ4v) is 2.01. The van der Waals surface area contributed by atoms with Crippen molar-refractivity contribution in [2.24, 2.45) is 5.92 Å². The number of ether oxygens (including phenoxy) is 1. The molecule has 0 heterocycles. The zero-order valence-electron chi connectivity index (χ0n) is 12.1. The molecule has 1 unspecified atom stereocenters. The highest BCUT2D eigenvalue weighted by molar-refractivity contribution is 6.31. The Morgan fingerprint density at radius 1 is 1.38 bits per heavy atom. The fourth-order valence-electron chi connectivity index (χ4n) is 1.78. The van der Waals surface area contributed by atoms with E-state index < -0.39 is 18.0 Å². The van der Waals surface area contributed by atoms with Crippen LogP contribution < -0.4 is 15.4 Å². The van der Waals surface area contributed by atoms with Gasteiger partial charge in [-0.15, -0.1) is 0 Å². The Balaban J connectivity index is 2.67. The molecule has 0 aliphatic rings. The van der Waals surface area contributed by atoms with E-state index in [1.54, 1.807) is 32.0 Å². The summed E-state index contributed by atoms with van der Waals surface area (Å²) in [5.74, 6) is -0.736. The Labute approximate surface area is 128 Å². The highest BCUT2D eigenvalue weighted by atomic mass is 35.5. The van der Waals surface area contributed by atoms with Gasteiger partial charge in [-0.05, 0) is 18.1 Å². The van der Waals surface area contributed by atoms with Crippen LogP contribution >= 0.6 is 11.6 Å². The van der Waals surface area contributed by atoms with Gasteiger partial charge in [0, 0.05) is 17.1 Å². The molecule has 0 spiro atoms. The van der Waals surface area contributed by atoms with Crippen LogP contribution in [0.25, 0.3) is 0 Å². The van der Waals surface area contributed by atoms with Crippen LogP contribution in [-0.2, 0) is 11.3 Å². The van der Waals surface area contributed by atoms with Gasteiger partial charge >= 0.3 is 12.0 Å². The lowest BCUT2D eigenvalue weighted by atomic mass is 10.1. The molecule has 116 valence electrons. The minimum Gasteiger partial charge on any atom is -0.496 e. The fraction of sp³-hybridized carbons (Fsp3) is 0.429. The third-order valence-corrected chi connectivity index (χ3v) is 3.29. The molecule has 1 aromatic carbocycles. The number of carboxylic acids is 1. The Morgan fingerprint density at radius 2 is 2.05 bits per heavy atom. The summed E-state index contributed by atoms with van der Waals surface area (Å²) in [4.78, 5) is 22.8. The maximum atomic E-state index is 11.8. The Morgan fingerprint density at radius 3 is 2.57 bits per heavy atom. The number of carboxylic acid groups (broad SMARTS) is 1. The first-order valence-corrected chi connectivity index (χ1v) is 6.83. The summed E-state index contributed by atoms with van der Waals surface area (Å²) in [6, 6.07) is 3.64. The average Bonchev–Trinajstić information content (AvgIpc) is 2.42. The number of amides is 2. The topological polar surface area (TPSA) is 87.7 Å². The predicted octanol–water partition coefficient (Wildman–Crippen LogP) is 2.26. The summed E-state index contributed by atoms with van der Waals surface area (Å²) < 4.78 is 5.17. The van der Waals surface area contributed by atoms with Crippen molar-refractivity contribution in [1.29, 1.82) is 0 Å². The normalized spacial score (nSPS) is 11.9. The number of hydrogen-bond acceptors (Lipinski definition) is 3. The lowest BCUT2D eigenvalue weighted by Crippen LogP contribution is -2.48. The lowest BCUT2D eigenvalue weighted by molar-refractivity contribution is -0.140. The second-order valence-electron chi connectivity index (χ2n) is 4.81. The molecule has 7 heteroatoms. The van der Waals surface area contributed by atoms with Crippen molar-refractivity contribution in [3.63, 3.8) is 0 Å². The van der Waals surface area contributed by atoms with Gasteiger partial charge in [0.25, 0.3) is 0 Å². The number of aliphatic carboxylic acids is 1. The molecule has 0 aliphatic heterocycles. The first-order valence-electron chi connectivity index (χ1n) is 6.45. The van der Waals surface area contributed by atoms with Crippen LogP contribution in [0.2, 0.25) is 5.02 Å². The molecule has 21 heavy (non-hydrogen) atoms. The number of halogens is 1. The first-order chi connectivity index (χ1) is 9.86. The van der Waals surface area contributed by atoms with Gasteiger partial charge in [0.1, 0.15) is 11.8 Å². The number of methoxy groups -OCH3 is 1. The average molecular weight is 315 g/mol. The number of carbonyl (C=O) groups is 2. The summed E-state index contributed by atoms with van der Waals surface area (Å²) in [6.45, 7) is 3.57. The first kappa shape index (κ1) is 17.1. The SMILES string of the molecule is COc1cccc(Cl)c1CNC(=O)NC(C(=O)O)C(C)C. The standard InChI is InChI=1S/C14H19ClN2O4/c1-8(2)12(13(18)19)17-14(20)16-7-9-10(15)5-4-6-11(9)21-3/h4-6,8,12H,7H2,1-3H3,(H,18,19)(H2,16,17,20). The van der Waals surface area contributed by atoms with Crippen molar-refractivity contribution in [2.45, 2.75) is 26.4 Å². The largest absolute Gasteiger partial charge is 0.496 e. The maximum Gasteiger partial charge on any atom is 0.326 e. The van der Waals surface area contributed by atoms with Crippen LogP contribution in [0.3, 0.4) is 0 Å². The van der Waals surface area contributed by atoms with Crippen molar-refractivity contribution in [2.75, 3.05) is 7.11 Å². The zero-order valence-corrected chi connectivity index (χ0v) is 12.9. The van der Waals surface area contributed by atoms with E-state index in [4.69, 9.17) is 21.4 Å². The molecule has 0 saturated heterocycles. The van der Waals surface area contributed by atoms with E-state index in [1.165, 1.54) is 7.11 Å². The van der Waals surface area contributed by atoms with Gasteiger partial charge in [0.15, 0.2) is 0 Å². The number of carbonyl (C=O) groups excluding carboxylic acids is 1. The summed E-state index contributed by atoms with van der Waals surface area (Å²) >= 11 is 6.05. The van der Waals surface area contributed by atoms with Gasteiger partial charge in [-0.1, -0.05) is 31.5 Å². The third-order valence-electron chi connectivity index (χ3n) is 2.94. The Kier molecular flexibility index (Phi) is 6.30. The summed E-state index contributed by atoms with van der Waals surface area (Å²) in [5, 5.41) is 14.5. The maximum absolute atomic E-state index is 11.8. The molecule has 3 N–H and O–H groups in total. The van der Waals surface area contributed by atoms with Crippen LogP contribution in [0.1, 0.15) is 19.4 Å². The van der Waals surface area contributed by atoms with Gasteiger partial charge in [-0.3, -0.25) is 0 Å². The summed E-state index contributed by atoms with van der Waals surface area (Å²) in [5.41, 5.74) is 0.633. The van der Waals surface area contributed by atoms with Crippen molar-refractivity contribution in [3.05, 3.63) is 28.8 Å². The molecular formula is C14H19ClN2O4. The number of benzene rings is 1. The van der Waals surface area contributed by atoms with E-state index in [2.05, 4.69) is 10.6 Å². The molecule has 0 fully saturated rings. The predicted molar refractivity (Wildman–Crippen MR) is 79.6 cm³/mol. The molecule has 1 atom stereocenters. The molecular weight excluding hydrogens is 296 g/mol. The second kappa shape index (κ2) is 7.73. The highest BCUT2D eigenvalue weighted by Gasteiger charge is 2.23. The van der Waals surface area contributed by atoms with Crippen LogP contribution in [0.15, 0.2) is 18.2 Å². The zero-order chi connectivity index (χ0) is 16.0. The minimum atomic E-state index is -1.07. The van der Waals surface area contributed by atoms with Crippen LogP contribution in [-0.4, -0.2) is 30.3 Å².